The Kier molecular flexibility index (Phi) is 7.90. The van der Waals surface area contributed by atoms with Gasteiger partial charge in [-0.15, -0.1) is 0 Å². The molecule has 0 spiro atoms. The van der Waals surface area contributed by atoms with Gasteiger partial charge in [-0.25, -0.2) is 10.1 Å². The third kappa shape index (κ3) is 6.03. The first-order valence-electron chi connectivity index (χ1n) is 13.2. The Labute approximate surface area is 232 Å². The number of rotatable bonds is 8. The molecule has 2 aliphatic heterocycles. The van der Waals surface area contributed by atoms with E-state index in [-0.39, 0.29) is 24.8 Å². The van der Waals surface area contributed by atoms with Crippen molar-refractivity contribution in [1.82, 2.24) is 14.9 Å². The number of nitrogens with two attached hydrogens (primary N) is 2. The second-order valence-corrected chi connectivity index (χ2v) is 9.97. The van der Waals surface area contributed by atoms with Gasteiger partial charge in [-0.2, -0.15) is 0 Å². The highest BCUT2D eigenvalue weighted by Crippen LogP contribution is 2.32. The maximum atomic E-state index is 13.5. The van der Waals surface area contributed by atoms with Gasteiger partial charge in [0.25, 0.3) is 11.8 Å². The lowest BCUT2D eigenvalue weighted by Crippen LogP contribution is -2.53. The van der Waals surface area contributed by atoms with Gasteiger partial charge in [0.1, 0.15) is 12.4 Å². The van der Waals surface area contributed by atoms with E-state index in [0.29, 0.717) is 48.0 Å². The minimum atomic E-state index is -0.470. The number of amides is 2. The first kappa shape index (κ1) is 27.0. The summed E-state index contributed by atoms with van der Waals surface area (Å²) in [6, 6.07) is 14.7. The number of anilines is 1. The summed E-state index contributed by atoms with van der Waals surface area (Å²) in [6.07, 6.45) is 5.43. The maximum absolute atomic E-state index is 13.5. The molecule has 0 atom stereocenters. The topological polar surface area (TPSA) is 147 Å². The smallest absolute Gasteiger partial charge is 0.273 e. The number of carbonyl (C=O) groups is 2. The summed E-state index contributed by atoms with van der Waals surface area (Å²) < 4.78 is 0. The first-order valence-corrected chi connectivity index (χ1v) is 13.2. The monoisotopic (exact) mass is 540 g/mol. The Bertz CT molecular complexity index is 1480. The lowest BCUT2D eigenvalue weighted by atomic mass is 10.0. The predicted molar refractivity (Wildman–Crippen MR) is 153 cm³/mol. The third-order valence-electron chi connectivity index (χ3n) is 6.76. The number of carbonyl (C=O) groups excluding carboxylic acids is 2. The molecule has 1 aromatic heterocycles. The maximum Gasteiger partial charge on any atom is 0.273 e. The van der Waals surface area contributed by atoms with Crippen LogP contribution in [0.2, 0.25) is 0 Å². The van der Waals surface area contributed by atoms with Crippen molar-refractivity contribution in [3.63, 3.8) is 0 Å². The lowest BCUT2D eigenvalue weighted by molar-refractivity contribution is -0.187. The van der Waals surface area contributed by atoms with Crippen molar-refractivity contribution < 1.29 is 19.5 Å². The predicted octanol–water partition coefficient (Wildman–Crippen LogP) is 3.29. The quantitative estimate of drug-likeness (QED) is 0.293. The van der Waals surface area contributed by atoms with Crippen LogP contribution in [0, 0.1) is 0 Å². The average molecular weight is 541 g/mol. The third-order valence-corrected chi connectivity index (χ3v) is 6.76. The molecule has 40 heavy (non-hydrogen) atoms. The molecule has 5 rings (SSSR count). The second-order valence-electron chi connectivity index (χ2n) is 9.97. The number of aliphatic hydroxyl groups is 1. The Morgan fingerprint density at radius 1 is 1.07 bits per heavy atom. The minimum absolute atomic E-state index is 0.169. The van der Waals surface area contributed by atoms with Gasteiger partial charge in [0, 0.05) is 60.8 Å². The molecule has 3 heterocycles. The molecule has 0 unspecified atom stereocenters. The standard InChI is InChI=1S/C30H32N6O4/c1-2-9-36(40-18-19-3-7-25(31)8-4-19)30(39)22-10-21-6-5-20(12-27(21)34-28(32)13-22)23-11-24(15-33-14-23)29(38)35-16-26(37)17-35/h3-8,10-12,14-15,26,37H,2,9,13,16-18,31H2,1H3,(H2,32,34). The van der Waals surface area contributed by atoms with E-state index in [2.05, 4.69) is 9.98 Å². The van der Waals surface area contributed by atoms with Gasteiger partial charge in [0.15, 0.2) is 0 Å². The fraction of sp³-hybridized carbons (Fsp3) is 0.267. The molecule has 3 aromatic rings. The van der Waals surface area contributed by atoms with Gasteiger partial charge in [0.05, 0.1) is 17.4 Å². The summed E-state index contributed by atoms with van der Waals surface area (Å²) in [6.45, 7) is 3.28. The van der Waals surface area contributed by atoms with Crippen molar-refractivity contribution >= 4 is 35.1 Å². The molecular weight excluding hydrogens is 508 g/mol. The molecule has 1 fully saturated rings. The van der Waals surface area contributed by atoms with Crippen LogP contribution < -0.4 is 11.5 Å². The number of hydrogen-bond acceptors (Lipinski definition) is 8. The van der Waals surface area contributed by atoms with E-state index in [9.17, 15) is 14.7 Å². The van der Waals surface area contributed by atoms with Crippen molar-refractivity contribution in [3.05, 3.63) is 83.2 Å². The summed E-state index contributed by atoms with van der Waals surface area (Å²) in [7, 11) is 0. The van der Waals surface area contributed by atoms with Crippen LogP contribution >= 0.6 is 0 Å². The molecule has 0 radical (unpaired) electrons. The Balaban J connectivity index is 1.36. The zero-order chi connectivity index (χ0) is 28.2. The SMILES string of the molecule is CCCN(OCc1ccc(N)cc1)C(=O)C1=Cc2ccc(-c3cncc(C(=O)N4CC(O)C4)c3)cc2N=C(N)C1. The van der Waals surface area contributed by atoms with Crippen LogP contribution in [-0.4, -0.2) is 63.4 Å². The average Bonchev–Trinajstić information content (AvgIpc) is 3.11. The van der Waals surface area contributed by atoms with Gasteiger partial charge >= 0.3 is 0 Å². The van der Waals surface area contributed by atoms with E-state index in [0.717, 1.165) is 28.7 Å². The van der Waals surface area contributed by atoms with Crippen LogP contribution in [0.25, 0.3) is 17.2 Å². The molecule has 2 aliphatic rings. The van der Waals surface area contributed by atoms with Crippen LogP contribution in [0.15, 0.2) is 71.5 Å². The summed E-state index contributed by atoms with van der Waals surface area (Å²) >= 11 is 0. The zero-order valence-electron chi connectivity index (χ0n) is 22.3. The number of fused-ring (bicyclic) bond motifs is 1. The number of aliphatic imine (C=N–C) groups is 1. The molecule has 5 N–H and O–H groups in total. The van der Waals surface area contributed by atoms with E-state index < -0.39 is 6.10 Å². The summed E-state index contributed by atoms with van der Waals surface area (Å²) in [4.78, 5) is 42.5. The van der Waals surface area contributed by atoms with Crippen LogP contribution in [0.4, 0.5) is 11.4 Å². The number of nitrogen functional groups attached to an aromatic ring is 1. The van der Waals surface area contributed by atoms with Crippen LogP contribution in [0.3, 0.4) is 0 Å². The number of hydrogen-bond donors (Lipinski definition) is 3. The molecule has 10 heteroatoms. The molecular formula is C30H32N6O4. The molecule has 0 bridgehead atoms. The van der Waals surface area contributed by atoms with Crippen molar-refractivity contribution in [2.24, 2.45) is 10.7 Å². The number of aliphatic hydroxyl groups excluding tert-OH is 1. The molecule has 2 amide bonds. The molecule has 10 nitrogen and oxygen atoms in total. The number of hydroxylamine groups is 2. The molecule has 2 aromatic carbocycles. The number of pyridine rings is 1. The second kappa shape index (κ2) is 11.7. The summed E-state index contributed by atoms with van der Waals surface area (Å²) in [5, 5.41) is 10.9. The van der Waals surface area contributed by atoms with Gasteiger partial charge in [-0.3, -0.25) is 19.4 Å². The van der Waals surface area contributed by atoms with Gasteiger partial charge < -0.3 is 21.5 Å². The van der Waals surface area contributed by atoms with Crippen LogP contribution in [-0.2, 0) is 16.2 Å². The van der Waals surface area contributed by atoms with Crippen LogP contribution in [0.5, 0.6) is 0 Å². The number of likely N-dealkylation sites (tertiary alicyclic amines) is 1. The van der Waals surface area contributed by atoms with Gasteiger partial charge in [-0.05, 0) is 47.9 Å². The number of amidine groups is 1. The van der Waals surface area contributed by atoms with E-state index in [1.54, 1.807) is 35.4 Å². The number of β-amino-alcohol motifs (C(OH)–C–C–N with tert-alkyl or cyclic N) is 1. The Hall–Kier alpha value is -4.54. The highest BCUT2D eigenvalue weighted by Gasteiger charge is 2.30. The number of aromatic nitrogens is 1. The fourth-order valence-electron chi connectivity index (χ4n) is 4.58. The van der Waals surface area contributed by atoms with Gasteiger partial charge in [0.2, 0.25) is 0 Å². The summed E-state index contributed by atoms with van der Waals surface area (Å²) in [5.41, 5.74) is 17.4. The van der Waals surface area contributed by atoms with E-state index in [4.69, 9.17) is 16.3 Å². The van der Waals surface area contributed by atoms with Gasteiger partial charge in [-0.1, -0.05) is 31.2 Å². The molecule has 1 saturated heterocycles. The Morgan fingerprint density at radius 3 is 2.58 bits per heavy atom. The van der Waals surface area contributed by atoms with Crippen LogP contribution in [0.1, 0.15) is 41.3 Å². The first-order chi connectivity index (χ1) is 19.3. The van der Waals surface area contributed by atoms with E-state index in [1.807, 2.05) is 37.3 Å². The molecule has 206 valence electrons. The molecule has 0 saturated carbocycles. The zero-order valence-corrected chi connectivity index (χ0v) is 22.3. The normalized spacial score (nSPS) is 14.9. The molecule has 0 aliphatic carbocycles. The number of benzene rings is 2. The van der Waals surface area contributed by atoms with E-state index >= 15 is 0 Å². The minimum Gasteiger partial charge on any atom is -0.399 e. The highest BCUT2D eigenvalue weighted by molar-refractivity contribution is 6.05. The fourth-order valence-corrected chi connectivity index (χ4v) is 4.58. The van der Waals surface area contributed by atoms with E-state index in [1.165, 1.54) is 11.3 Å². The highest BCUT2D eigenvalue weighted by atomic mass is 16.7. The largest absolute Gasteiger partial charge is 0.399 e. The lowest BCUT2D eigenvalue weighted by Gasteiger charge is -2.35. The summed E-state index contributed by atoms with van der Waals surface area (Å²) in [5.74, 6) is -0.124. The van der Waals surface area contributed by atoms with Crippen molar-refractivity contribution in [1.29, 1.82) is 0 Å². The van der Waals surface area contributed by atoms with Crippen molar-refractivity contribution in [3.8, 4) is 11.1 Å². The number of nitrogens with zero attached hydrogens (tertiary/aromatic N) is 4. The van der Waals surface area contributed by atoms with Crippen molar-refractivity contribution in [2.45, 2.75) is 32.5 Å². The van der Waals surface area contributed by atoms with Crippen molar-refractivity contribution in [2.75, 3.05) is 25.4 Å². The Morgan fingerprint density at radius 2 is 1.85 bits per heavy atom.